The summed E-state index contributed by atoms with van der Waals surface area (Å²) in [6, 6.07) is 0. The molecule has 1 atom stereocenters. The number of esters is 3. The average Bonchev–Trinajstić information content (AvgIpc) is 3.41. The van der Waals surface area contributed by atoms with E-state index in [1.807, 2.05) is 0 Å². The highest BCUT2D eigenvalue weighted by Gasteiger charge is 2.19. The van der Waals surface area contributed by atoms with Gasteiger partial charge in [0.15, 0.2) is 6.10 Å². The molecule has 0 aromatic carbocycles. The first-order valence-corrected chi connectivity index (χ1v) is 32.1. The topological polar surface area (TPSA) is 78.9 Å². The molecule has 1 unspecified atom stereocenters. The molecule has 0 aliphatic carbocycles. The molecule has 0 amide bonds. The van der Waals surface area contributed by atoms with Gasteiger partial charge in [-0.15, -0.1) is 0 Å². The third-order valence-corrected chi connectivity index (χ3v) is 13.9. The van der Waals surface area contributed by atoms with Crippen LogP contribution in [-0.4, -0.2) is 37.2 Å². The molecule has 0 heterocycles. The molecule has 0 aromatic rings. The van der Waals surface area contributed by atoms with E-state index in [0.29, 0.717) is 19.3 Å². The van der Waals surface area contributed by atoms with E-state index in [2.05, 4.69) is 106 Å². The van der Waals surface area contributed by atoms with E-state index in [0.717, 1.165) is 109 Å². The van der Waals surface area contributed by atoms with Gasteiger partial charge in [0.2, 0.25) is 0 Å². The van der Waals surface area contributed by atoms with Crippen molar-refractivity contribution >= 4 is 17.9 Å². The molecule has 0 bridgehead atoms. The van der Waals surface area contributed by atoms with Crippen LogP contribution in [0.5, 0.6) is 0 Å². The van der Waals surface area contributed by atoms with E-state index < -0.39 is 6.10 Å². The summed E-state index contributed by atoms with van der Waals surface area (Å²) in [7, 11) is 0. The number of carbonyl (C=O) groups is 3. The van der Waals surface area contributed by atoms with Gasteiger partial charge in [-0.2, -0.15) is 0 Å². The molecule has 0 aromatic heterocycles. The summed E-state index contributed by atoms with van der Waals surface area (Å²) in [6.07, 6.45) is 83.0. The Morgan fingerprint density at radius 3 is 0.827 bits per heavy atom. The molecule has 0 spiro atoms. The van der Waals surface area contributed by atoms with E-state index in [1.54, 1.807) is 0 Å². The van der Waals surface area contributed by atoms with E-state index in [9.17, 15) is 14.4 Å². The van der Waals surface area contributed by atoms with Crippen molar-refractivity contribution in [2.45, 2.75) is 322 Å². The number of unbranched alkanes of at least 4 members (excludes halogenated alkanes) is 33. The van der Waals surface area contributed by atoms with E-state index >= 15 is 0 Å². The van der Waals surface area contributed by atoms with Gasteiger partial charge in [-0.25, -0.2) is 0 Å². The first kappa shape index (κ1) is 71.6. The van der Waals surface area contributed by atoms with Crippen LogP contribution in [0.1, 0.15) is 316 Å². The van der Waals surface area contributed by atoms with Crippen LogP contribution in [0.25, 0.3) is 0 Å². The van der Waals surface area contributed by atoms with Crippen LogP contribution in [0.15, 0.2) is 85.1 Å². The van der Waals surface area contributed by atoms with Crippen molar-refractivity contribution < 1.29 is 28.6 Å². The van der Waals surface area contributed by atoms with Gasteiger partial charge in [0.05, 0.1) is 0 Å². The number of ether oxygens (including phenoxy) is 3. The molecule has 0 aliphatic rings. The summed E-state index contributed by atoms with van der Waals surface area (Å²) in [4.78, 5) is 38.3. The predicted molar refractivity (Wildman–Crippen MR) is 325 cm³/mol. The molecule has 0 fully saturated rings. The van der Waals surface area contributed by atoms with Crippen LogP contribution in [-0.2, 0) is 28.6 Å². The van der Waals surface area contributed by atoms with Crippen molar-refractivity contribution in [1.29, 1.82) is 0 Å². The zero-order valence-corrected chi connectivity index (χ0v) is 49.6. The van der Waals surface area contributed by atoms with Crippen LogP contribution in [0.3, 0.4) is 0 Å². The third-order valence-electron chi connectivity index (χ3n) is 13.9. The molecule has 0 radical (unpaired) electrons. The summed E-state index contributed by atoms with van der Waals surface area (Å²) >= 11 is 0. The Balaban J connectivity index is 4.30. The van der Waals surface area contributed by atoms with Crippen molar-refractivity contribution in [2.75, 3.05) is 13.2 Å². The maximum absolute atomic E-state index is 12.9. The van der Waals surface area contributed by atoms with E-state index in [-0.39, 0.29) is 31.1 Å². The van der Waals surface area contributed by atoms with Gasteiger partial charge < -0.3 is 14.2 Å². The molecule has 6 heteroatoms. The molecule has 432 valence electrons. The number of hydrogen-bond donors (Lipinski definition) is 0. The summed E-state index contributed by atoms with van der Waals surface area (Å²) in [5, 5.41) is 0. The molecular formula is C69H120O6. The van der Waals surface area contributed by atoms with Crippen molar-refractivity contribution in [1.82, 2.24) is 0 Å². The van der Waals surface area contributed by atoms with Crippen LogP contribution < -0.4 is 0 Å². The van der Waals surface area contributed by atoms with Crippen molar-refractivity contribution in [2.24, 2.45) is 0 Å². The molecule has 0 aliphatic heterocycles. The largest absolute Gasteiger partial charge is 0.462 e. The second-order valence-corrected chi connectivity index (χ2v) is 21.3. The van der Waals surface area contributed by atoms with Gasteiger partial charge >= 0.3 is 17.9 Å². The average molecular weight is 1050 g/mol. The van der Waals surface area contributed by atoms with Gasteiger partial charge in [0.1, 0.15) is 13.2 Å². The third kappa shape index (κ3) is 61.3. The highest BCUT2D eigenvalue weighted by atomic mass is 16.6. The first-order chi connectivity index (χ1) is 37.0. The highest BCUT2D eigenvalue weighted by Crippen LogP contribution is 2.16. The zero-order valence-electron chi connectivity index (χ0n) is 49.6. The normalized spacial score (nSPS) is 12.6. The number of allylic oxidation sites excluding steroid dienone is 14. The molecule has 0 rings (SSSR count). The van der Waals surface area contributed by atoms with Crippen molar-refractivity contribution in [3.05, 3.63) is 85.1 Å². The number of hydrogen-bond acceptors (Lipinski definition) is 6. The summed E-state index contributed by atoms with van der Waals surface area (Å²) in [5.41, 5.74) is 0. The zero-order chi connectivity index (χ0) is 54.3. The second-order valence-electron chi connectivity index (χ2n) is 21.3. The predicted octanol–water partition coefficient (Wildman–Crippen LogP) is 21.9. The van der Waals surface area contributed by atoms with Gasteiger partial charge in [-0.1, -0.05) is 266 Å². The van der Waals surface area contributed by atoms with Crippen molar-refractivity contribution in [3.63, 3.8) is 0 Å². The molecule has 75 heavy (non-hydrogen) atoms. The standard InChI is InChI=1S/C69H120O6/c1-4-7-10-13-16-19-22-25-28-30-31-32-33-34-35-36-37-38-39-40-42-44-47-50-53-56-59-62-68(71)74-65-66(64-73-67(70)61-58-55-52-49-46-43-27-24-21-18-15-12-9-6-3)75-69(72)63-60-57-54-51-48-45-41-29-26-23-20-17-14-11-8-5-2/h7,10,16,19,24-25,27-29,31-32,34-35,41,66H,4-6,8-9,11-15,17-18,20-23,26,30,33,36-40,42-65H2,1-3H3/b10-7-,19-16-,27-24-,28-25-,32-31-,35-34-,41-29-. The maximum Gasteiger partial charge on any atom is 0.306 e. The van der Waals surface area contributed by atoms with Crippen LogP contribution >= 0.6 is 0 Å². The Morgan fingerprint density at radius 2 is 0.520 bits per heavy atom. The Kier molecular flexibility index (Phi) is 60.3. The Hall–Kier alpha value is -3.41. The van der Waals surface area contributed by atoms with Gasteiger partial charge in [0.25, 0.3) is 0 Å². The fourth-order valence-corrected chi connectivity index (χ4v) is 9.05. The monoisotopic (exact) mass is 1040 g/mol. The molecule has 0 saturated heterocycles. The van der Waals surface area contributed by atoms with E-state index in [1.165, 1.54) is 167 Å². The number of rotatable bonds is 58. The molecular weight excluding hydrogens is 925 g/mol. The first-order valence-electron chi connectivity index (χ1n) is 32.1. The van der Waals surface area contributed by atoms with Crippen molar-refractivity contribution in [3.8, 4) is 0 Å². The lowest BCUT2D eigenvalue weighted by Crippen LogP contribution is -2.30. The minimum Gasteiger partial charge on any atom is -0.462 e. The fourth-order valence-electron chi connectivity index (χ4n) is 9.05. The summed E-state index contributed by atoms with van der Waals surface area (Å²) in [5.74, 6) is -0.890. The second kappa shape index (κ2) is 63.1. The molecule has 6 nitrogen and oxygen atoms in total. The smallest absolute Gasteiger partial charge is 0.306 e. The lowest BCUT2D eigenvalue weighted by atomic mass is 10.0. The fraction of sp³-hybridized carbons (Fsp3) is 0.754. The quantitative estimate of drug-likeness (QED) is 0.0261. The highest BCUT2D eigenvalue weighted by molar-refractivity contribution is 5.71. The van der Waals surface area contributed by atoms with Gasteiger partial charge in [-0.05, 0) is 116 Å². The Bertz CT molecular complexity index is 1430. The lowest BCUT2D eigenvalue weighted by molar-refractivity contribution is -0.167. The van der Waals surface area contributed by atoms with E-state index in [4.69, 9.17) is 14.2 Å². The van der Waals surface area contributed by atoms with Gasteiger partial charge in [-0.3, -0.25) is 14.4 Å². The van der Waals surface area contributed by atoms with Crippen LogP contribution in [0.2, 0.25) is 0 Å². The molecule has 0 saturated carbocycles. The molecule has 0 N–H and O–H groups in total. The summed E-state index contributed by atoms with van der Waals surface area (Å²) < 4.78 is 16.9. The van der Waals surface area contributed by atoms with Crippen LogP contribution in [0, 0.1) is 0 Å². The number of carbonyl (C=O) groups excluding carboxylic acids is 3. The SMILES string of the molecule is CC/C=C\C/C=C\C/C=C\C/C=C\C/C=C\CCCCCCCCCCCCCC(=O)OCC(COC(=O)CCCCCCC/C=C\CCCCCCC)OC(=O)CCCCCCC/C=C\CCCCCCCCC. The Morgan fingerprint density at radius 1 is 0.280 bits per heavy atom. The van der Waals surface area contributed by atoms with Crippen LogP contribution in [0.4, 0.5) is 0 Å². The minimum atomic E-state index is -0.786. The van der Waals surface area contributed by atoms with Gasteiger partial charge in [0, 0.05) is 19.3 Å². The lowest BCUT2D eigenvalue weighted by Gasteiger charge is -2.18. The Labute approximate surface area is 465 Å². The maximum atomic E-state index is 12.9. The minimum absolute atomic E-state index is 0.0823. The summed E-state index contributed by atoms with van der Waals surface area (Å²) in [6.45, 7) is 6.53.